The van der Waals surface area contributed by atoms with Gasteiger partial charge in [-0.25, -0.2) is 0 Å². The van der Waals surface area contributed by atoms with Gasteiger partial charge in [0.1, 0.15) is 0 Å². The topological polar surface area (TPSA) is 1970 Å². The third kappa shape index (κ3) is 2300. The Morgan fingerprint density at radius 2 is 0.0481 bits per heavy atom. The van der Waals surface area contributed by atoms with E-state index in [1.807, 2.05) is 0 Å². The van der Waals surface area contributed by atoms with Crippen LogP contribution in [-0.4, -0.2) is 35.9 Å². The molecule has 0 amide bonds. The van der Waals surface area contributed by atoms with Gasteiger partial charge in [0, 0.05) is 379 Å². The summed E-state index contributed by atoms with van der Waals surface area (Å²) in [6.07, 6.45) is 0. The second-order valence-electron chi connectivity index (χ2n) is 0. The first-order valence-corrected chi connectivity index (χ1v) is 0. The molecule has 104 heavy (non-hydrogen) atoms. The van der Waals surface area contributed by atoms with Gasteiger partial charge in [0.15, 0.2) is 0 Å². The second-order valence-corrected chi connectivity index (χ2v) is 0. The van der Waals surface area contributed by atoms with Crippen LogP contribution in [0.4, 0.5) is 0 Å². The number of hydrogen-bond acceptors (Lipinski definition) is 0. The van der Waals surface area contributed by atoms with E-state index >= 15 is 0 Å². The van der Waals surface area contributed by atoms with Crippen LogP contribution >= 0.6 is 0 Å². The standard InChI is InChI=1S/2As.12K.69O.3V.18W/q2*+5;12*+1;69*-2;3*+4;;;;;;;;;;;;;;;;;;. The van der Waals surface area contributed by atoms with E-state index in [0.717, 1.165) is 0 Å². The third-order valence-electron chi connectivity index (χ3n) is 0. The summed E-state index contributed by atoms with van der Waals surface area (Å²) in [7, 11) is 0. The van der Waals surface area contributed by atoms with Gasteiger partial charge in [-0.3, -0.25) is 0 Å². The predicted molar refractivity (Wildman–Crippen MR) is 58.9 cm³/mol. The molecule has 3 radical (unpaired) electrons. The van der Waals surface area contributed by atoms with Crippen molar-refractivity contribution < 1.29 is 1430 Å². The fraction of sp³-hybridized carbons (Fsp3) is 0. The van der Waals surface area contributed by atoms with Crippen molar-refractivity contribution in [1.29, 1.82) is 0 Å². The summed E-state index contributed by atoms with van der Waals surface area (Å²) in [6, 6.07) is 0. The molecular formula is As2K12O69V3W18-104. The summed E-state index contributed by atoms with van der Waals surface area (Å²) in [5, 5.41) is 0. The normalized spacial score (nSPS) is 0. The fourth-order valence-corrected chi connectivity index (χ4v) is 0. The fourth-order valence-electron chi connectivity index (χ4n) is 0. The van der Waals surface area contributed by atoms with Gasteiger partial charge in [-0.1, -0.05) is 0 Å². The minimum atomic E-state index is 0. The monoisotopic (exact) mass is 5190 g/mol. The Hall–Kier alpha value is 32.1. The van der Waals surface area contributed by atoms with Gasteiger partial charge in [0.05, 0.1) is 0 Å². The molecule has 0 atom stereocenters. The van der Waals surface area contributed by atoms with Crippen molar-refractivity contribution in [3.63, 3.8) is 0 Å². The zero-order chi connectivity index (χ0) is 0. The van der Waals surface area contributed by atoms with E-state index in [2.05, 4.69) is 0 Å². The number of hydrogen-bond donors (Lipinski definition) is 0. The van der Waals surface area contributed by atoms with Crippen molar-refractivity contribution in [2.24, 2.45) is 0 Å². The van der Waals surface area contributed by atoms with E-state index < -0.39 is 0 Å². The van der Waals surface area contributed by atoms with Gasteiger partial charge in [0.2, 0.25) is 0 Å². The molecule has 0 aromatic carbocycles. The quantitative estimate of drug-likeness (QED) is 0.204. The minimum absolute atomic E-state index is 0. The maximum Gasteiger partial charge on any atom is 5.00 e. The van der Waals surface area contributed by atoms with Gasteiger partial charge in [-0.15, -0.1) is 0 Å². The zero-order valence-electron chi connectivity index (χ0n) is 49.8. The maximum atomic E-state index is 0. The Morgan fingerprint density at radius 1 is 0.0481 bits per heavy atom. The van der Waals surface area contributed by atoms with E-state index in [4.69, 9.17) is 0 Å². The van der Waals surface area contributed by atoms with Crippen LogP contribution < -0.4 is 617 Å². The molecule has 0 aliphatic heterocycles. The van der Waals surface area contributed by atoms with E-state index in [1.165, 1.54) is 0 Å². The molecule has 0 N–H and O–H groups in total. The van der Waals surface area contributed by atoms with Gasteiger partial charge in [0.25, 0.3) is 0 Å². The van der Waals surface area contributed by atoms with Crippen LogP contribution in [0.1, 0.15) is 0 Å². The van der Waals surface area contributed by atoms with Crippen molar-refractivity contribution in [3.05, 3.63) is 0 Å². The molecule has 0 saturated carbocycles. The molecule has 0 aliphatic carbocycles. The van der Waals surface area contributed by atoms with Crippen LogP contribution in [-0.2, 0) is 813 Å². The summed E-state index contributed by atoms with van der Waals surface area (Å²) < 4.78 is 0. The molecule has 104 heteroatoms. The summed E-state index contributed by atoms with van der Waals surface area (Å²) in [5.74, 6) is 0. The first kappa shape index (κ1) is 2410. The number of rotatable bonds is 0. The average Bonchev–Trinajstić information content (AvgIpc) is 0. The molecule has 0 fully saturated rings. The van der Waals surface area contributed by atoms with Gasteiger partial charge < -0.3 is 378 Å². The predicted octanol–water partition coefficient (Wildman–Crippen LogP) is -45.0. The Kier molecular flexibility index (Phi) is 54500. The molecule has 0 bridgehead atoms. The van der Waals surface area contributed by atoms with E-state index in [-0.39, 0.29) is 1470 Å². The van der Waals surface area contributed by atoms with Crippen LogP contribution in [0.3, 0.4) is 0 Å². The van der Waals surface area contributed by atoms with Crippen LogP contribution in [0.5, 0.6) is 0 Å². The first-order valence-electron chi connectivity index (χ1n) is 0. The van der Waals surface area contributed by atoms with Crippen LogP contribution in [0.25, 0.3) is 0 Å². The van der Waals surface area contributed by atoms with E-state index in [1.54, 1.807) is 0 Å². The Bertz CT molecular complexity index is 151. The molecule has 0 saturated heterocycles. The summed E-state index contributed by atoms with van der Waals surface area (Å²) >= 11 is 0. The van der Waals surface area contributed by atoms with Crippen molar-refractivity contribution >= 4 is 35.9 Å². The molecule has 0 aromatic rings. The molecule has 663 valence electrons. The van der Waals surface area contributed by atoms with Gasteiger partial charge in [-0.05, 0) is 0 Å². The SMILES string of the molecule is [As+5].[As+5].[K+].[K+].[K+].[K+].[K+].[K+].[K+].[K+].[K+].[K+].[K+].[K+].[O-2].[O-2].[O-2].[O-2].[O-2].[O-2].[O-2].[O-2].[O-2].[O-2].[O-2].[O-2].[O-2].[O-2].[O-2].[O-2].[O-2].[O-2].[O-2].[O-2].[O-2].[O-2].[O-2].[O-2].[O-2].[O-2].[O-2].[O-2].[O-2].[O-2].[O-2].[O-2].[O-2].[O-2].[O-2].[O-2].[O-2].[O-2].[O-2].[O-2].[O-2].[O-2].[O-2].[O-2].[O-2].[O-2].[O-2].[O-2].[O-2].[O-2].[O-2].[O-2].[O-2].[O-2].[O-2].[O-2].[O-2].[O-2].[O-2].[O-2].[O-2].[O-2].[O-2].[O-2].[O-2].[O-2].[O-2].[O-2].[O-2].[V+4].[V+4].[V+4].[W].[W].[W].[W].[W].[W].[W].[W].[W].[W].[W].[W].[W].[W].[W].[W].[W].[W]. The minimum Gasteiger partial charge on any atom is -2.00 e. The maximum absolute atomic E-state index is 0. The largest absolute Gasteiger partial charge is 5.00 e. The average molecular weight is 5180 g/mol. The van der Waals surface area contributed by atoms with Gasteiger partial charge >= 0.3 is 708 Å². The molecule has 0 heterocycles. The van der Waals surface area contributed by atoms with Crippen LogP contribution in [0.15, 0.2) is 0 Å². The Labute approximate surface area is 1420 Å². The Balaban J connectivity index is 0. The molecule has 69 nitrogen and oxygen atoms in total. The van der Waals surface area contributed by atoms with Crippen molar-refractivity contribution in [2.45, 2.75) is 0 Å². The zero-order valence-corrected chi connectivity index (χ0v) is 148. The summed E-state index contributed by atoms with van der Waals surface area (Å²) in [5.41, 5.74) is 0. The summed E-state index contributed by atoms with van der Waals surface area (Å²) in [4.78, 5) is 0. The van der Waals surface area contributed by atoms with Gasteiger partial charge in [-0.2, -0.15) is 0 Å². The third-order valence-corrected chi connectivity index (χ3v) is 0. The van der Waals surface area contributed by atoms with E-state index in [0.29, 0.717) is 0 Å². The van der Waals surface area contributed by atoms with Crippen LogP contribution in [0, 0.1) is 0 Å². The molecule has 0 aromatic heterocycles. The van der Waals surface area contributed by atoms with Crippen molar-refractivity contribution in [1.82, 2.24) is 0 Å². The molecule has 0 spiro atoms. The van der Waals surface area contributed by atoms with Crippen molar-refractivity contribution in [3.8, 4) is 0 Å². The van der Waals surface area contributed by atoms with Crippen LogP contribution in [0.2, 0.25) is 0 Å². The molecule has 0 unspecified atom stereocenters. The second kappa shape index (κ2) is 2350. The smallest absolute Gasteiger partial charge is 2.00 e. The molecule has 0 rings (SSSR count). The first-order chi connectivity index (χ1) is 0. The Morgan fingerprint density at radius 3 is 0.0481 bits per heavy atom. The van der Waals surface area contributed by atoms with Crippen molar-refractivity contribution in [2.75, 3.05) is 0 Å². The summed E-state index contributed by atoms with van der Waals surface area (Å²) in [6.45, 7) is 0. The molecule has 0 aliphatic rings. The van der Waals surface area contributed by atoms with E-state index in [9.17, 15) is 0 Å². The molecular weight excluding hydrogens is 5180 g/mol.